The van der Waals surface area contributed by atoms with E-state index >= 15 is 0 Å². The van der Waals surface area contributed by atoms with Gasteiger partial charge >= 0.3 is 5.97 Å². The molecule has 0 radical (unpaired) electrons. The molecule has 1 atom stereocenters. The molecule has 0 saturated carbocycles. The van der Waals surface area contributed by atoms with Crippen LogP contribution in [0, 0.1) is 6.92 Å². The molecular weight excluding hydrogens is 324 g/mol. The first-order valence-electron chi connectivity index (χ1n) is 7.82. The quantitative estimate of drug-likeness (QED) is 0.661. The Kier molecular flexibility index (Phi) is 4.58. The van der Waals surface area contributed by atoms with E-state index in [4.69, 9.17) is 16.3 Å². The molecule has 0 aliphatic heterocycles. The Morgan fingerprint density at radius 3 is 2.71 bits per heavy atom. The van der Waals surface area contributed by atoms with Crippen molar-refractivity contribution in [3.63, 3.8) is 0 Å². The molecule has 0 saturated heterocycles. The number of nitrogens with zero attached hydrogens (tertiary/aromatic N) is 2. The zero-order valence-electron chi connectivity index (χ0n) is 13.9. The molecule has 1 aromatic heterocycles. The van der Waals surface area contributed by atoms with E-state index < -0.39 is 6.10 Å². The number of aromatic nitrogens is 2. The predicted molar refractivity (Wildman–Crippen MR) is 95.1 cm³/mol. The number of hydrogen-bond donors (Lipinski definition) is 0. The highest BCUT2D eigenvalue weighted by atomic mass is 35.5. The number of ether oxygens (including phenoxy) is 1. The van der Waals surface area contributed by atoms with Crippen LogP contribution in [-0.2, 0) is 23.0 Å². The highest BCUT2D eigenvalue weighted by molar-refractivity contribution is 6.31. The molecule has 124 valence electrons. The van der Waals surface area contributed by atoms with Gasteiger partial charge in [-0.25, -0.2) is 4.98 Å². The lowest BCUT2D eigenvalue weighted by molar-refractivity contribution is -0.148. The Morgan fingerprint density at radius 1 is 1.25 bits per heavy atom. The average Bonchev–Trinajstić information content (AvgIpc) is 2.89. The fourth-order valence-corrected chi connectivity index (χ4v) is 3.14. The third-order valence-electron chi connectivity index (χ3n) is 4.17. The lowest BCUT2D eigenvalue weighted by Crippen LogP contribution is -2.15. The van der Waals surface area contributed by atoms with Crippen LogP contribution >= 0.6 is 11.6 Å². The molecule has 0 amide bonds. The zero-order valence-corrected chi connectivity index (χ0v) is 14.7. The summed E-state index contributed by atoms with van der Waals surface area (Å²) in [5, 5.41) is 0.585. The maximum Gasteiger partial charge on any atom is 0.311 e. The summed E-state index contributed by atoms with van der Waals surface area (Å²) in [6, 6.07) is 13.4. The minimum Gasteiger partial charge on any atom is -0.454 e. The maximum absolute atomic E-state index is 12.3. The van der Waals surface area contributed by atoms with Gasteiger partial charge in [0.1, 0.15) is 0 Å². The van der Waals surface area contributed by atoms with Crippen LogP contribution in [0.3, 0.4) is 0 Å². The van der Waals surface area contributed by atoms with Gasteiger partial charge in [-0.3, -0.25) is 4.79 Å². The average molecular weight is 343 g/mol. The second-order valence-electron chi connectivity index (χ2n) is 5.86. The molecule has 2 aromatic carbocycles. The van der Waals surface area contributed by atoms with Crippen LogP contribution in [0.4, 0.5) is 0 Å². The van der Waals surface area contributed by atoms with Gasteiger partial charge in [0.15, 0.2) is 11.9 Å². The summed E-state index contributed by atoms with van der Waals surface area (Å²) in [4.78, 5) is 16.9. The number of aryl methyl sites for hydroxylation is 2. The molecule has 0 aliphatic carbocycles. The van der Waals surface area contributed by atoms with Crippen molar-refractivity contribution >= 4 is 28.6 Å². The summed E-state index contributed by atoms with van der Waals surface area (Å²) in [6.07, 6.45) is -0.280. The second kappa shape index (κ2) is 6.65. The number of esters is 1. The predicted octanol–water partition coefficient (Wildman–Crippen LogP) is 4.38. The third-order valence-corrected chi connectivity index (χ3v) is 4.52. The Bertz CT molecular complexity index is 881. The summed E-state index contributed by atoms with van der Waals surface area (Å²) < 4.78 is 7.53. The van der Waals surface area contributed by atoms with Gasteiger partial charge in [0.05, 0.1) is 17.5 Å². The molecule has 1 heterocycles. The molecule has 0 fully saturated rings. The molecule has 5 heteroatoms. The normalized spacial score (nSPS) is 12.3. The van der Waals surface area contributed by atoms with Gasteiger partial charge in [-0.2, -0.15) is 0 Å². The van der Waals surface area contributed by atoms with Crippen molar-refractivity contribution in [1.82, 2.24) is 9.55 Å². The summed E-state index contributed by atoms with van der Waals surface area (Å²) in [5.74, 6) is 0.409. The smallest absolute Gasteiger partial charge is 0.311 e. The number of fused-ring (bicyclic) bond motifs is 1. The van der Waals surface area contributed by atoms with Gasteiger partial charge in [-0.05, 0) is 43.2 Å². The van der Waals surface area contributed by atoms with E-state index in [1.807, 2.05) is 61.9 Å². The van der Waals surface area contributed by atoms with E-state index in [0.29, 0.717) is 5.02 Å². The van der Waals surface area contributed by atoms with Gasteiger partial charge in [0.25, 0.3) is 0 Å². The van der Waals surface area contributed by atoms with Crippen LogP contribution in [0.5, 0.6) is 0 Å². The second-order valence-corrected chi connectivity index (χ2v) is 6.27. The fraction of sp³-hybridized carbons (Fsp3) is 0.263. The van der Waals surface area contributed by atoms with Crippen molar-refractivity contribution < 1.29 is 9.53 Å². The van der Waals surface area contributed by atoms with Crippen molar-refractivity contribution in [3.8, 4) is 0 Å². The van der Waals surface area contributed by atoms with Crippen molar-refractivity contribution in [2.75, 3.05) is 0 Å². The number of hydrogen-bond acceptors (Lipinski definition) is 3. The molecule has 24 heavy (non-hydrogen) atoms. The number of imidazole rings is 1. The Morgan fingerprint density at radius 2 is 2.00 bits per heavy atom. The lowest BCUT2D eigenvalue weighted by atomic mass is 10.1. The first-order chi connectivity index (χ1) is 11.5. The largest absolute Gasteiger partial charge is 0.454 e. The molecule has 3 rings (SSSR count). The molecular formula is C19H19ClN2O2. The minimum absolute atomic E-state index is 0.153. The van der Waals surface area contributed by atoms with E-state index in [-0.39, 0.29) is 12.4 Å². The highest BCUT2D eigenvalue weighted by Gasteiger charge is 2.19. The number of rotatable bonds is 4. The van der Waals surface area contributed by atoms with Crippen LogP contribution in [0.15, 0.2) is 42.5 Å². The van der Waals surface area contributed by atoms with Crippen LogP contribution in [0.25, 0.3) is 11.0 Å². The van der Waals surface area contributed by atoms with Gasteiger partial charge in [0.2, 0.25) is 0 Å². The SMILES string of the molecule is Cc1cccc(Cl)c1CC(=O)OC(C)c1nc2ccccc2n1C. The standard InChI is InChI=1S/C19H19ClN2O2/c1-12-7-6-8-15(20)14(12)11-18(23)24-13(2)19-21-16-9-4-5-10-17(16)22(19)3/h4-10,13H,11H2,1-3H3. The van der Waals surface area contributed by atoms with E-state index in [1.165, 1.54) is 0 Å². The number of benzene rings is 2. The summed E-state index contributed by atoms with van der Waals surface area (Å²) >= 11 is 6.18. The first kappa shape index (κ1) is 16.5. The molecule has 0 bridgehead atoms. The Balaban J connectivity index is 1.77. The van der Waals surface area contributed by atoms with Crippen LogP contribution < -0.4 is 0 Å². The number of carbonyl (C=O) groups excluding carboxylic acids is 1. The first-order valence-corrected chi connectivity index (χ1v) is 8.20. The molecule has 0 N–H and O–H groups in total. The maximum atomic E-state index is 12.3. The fourth-order valence-electron chi connectivity index (χ4n) is 2.85. The van der Waals surface area contributed by atoms with Gasteiger partial charge in [-0.1, -0.05) is 35.9 Å². The Labute approximate surface area is 146 Å². The minimum atomic E-state index is -0.433. The number of para-hydroxylation sites is 2. The van der Waals surface area contributed by atoms with Crippen LogP contribution in [-0.4, -0.2) is 15.5 Å². The van der Waals surface area contributed by atoms with Gasteiger partial charge in [0, 0.05) is 12.1 Å². The summed E-state index contributed by atoms with van der Waals surface area (Å²) in [5.41, 5.74) is 3.69. The molecule has 0 spiro atoms. The Hall–Kier alpha value is -2.33. The van der Waals surface area contributed by atoms with Crippen molar-refractivity contribution in [2.24, 2.45) is 7.05 Å². The van der Waals surface area contributed by atoms with E-state index in [1.54, 1.807) is 6.07 Å². The van der Waals surface area contributed by atoms with Gasteiger partial charge in [-0.15, -0.1) is 0 Å². The van der Waals surface area contributed by atoms with Crippen LogP contribution in [0.1, 0.15) is 30.0 Å². The molecule has 4 nitrogen and oxygen atoms in total. The monoisotopic (exact) mass is 342 g/mol. The van der Waals surface area contributed by atoms with E-state index in [9.17, 15) is 4.79 Å². The molecule has 3 aromatic rings. The van der Waals surface area contributed by atoms with Crippen molar-refractivity contribution in [2.45, 2.75) is 26.4 Å². The topological polar surface area (TPSA) is 44.1 Å². The van der Waals surface area contributed by atoms with E-state index in [0.717, 1.165) is 28.0 Å². The summed E-state index contributed by atoms with van der Waals surface area (Å²) in [7, 11) is 1.92. The van der Waals surface area contributed by atoms with Crippen molar-refractivity contribution in [3.05, 3.63) is 64.4 Å². The third kappa shape index (κ3) is 3.15. The van der Waals surface area contributed by atoms with Crippen LogP contribution in [0.2, 0.25) is 5.02 Å². The number of halogens is 1. The summed E-state index contributed by atoms with van der Waals surface area (Å²) in [6.45, 7) is 3.77. The molecule has 0 aliphatic rings. The van der Waals surface area contributed by atoms with Crippen molar-refractivity contribution in [1.29, 1.82) is 0 Å². The highest BCUT2D eigenvalue weighted by Crippen LogP contribution is 2.24. The van der Waals surface area contributed by atoms with Gasteiger partial charge < -0.3 is 9.30 Å². The lowest BCUT2D eigenvalue weighted by Gasteiger charge is -2.14. The molecule has 1 unspecified atom stereocenters. The zero-order chi connectivity index (χ0) is 17.3. The van der Waals surface area contributed by atoms with E-state index in [2.05, 4.69) is 4.98 Å². The number of carbonyl (C=O) groups is 1.